The molecule has 3 aliphatic heterocycles. The molecule has 6 aromatic rings. The molecule has 0 bridgehead atoms. The number of aromatic nitrogens is 5. The van der Waals surface area contributed by atoms with Gasteiger partial charge in [-0.2, -0.15) is 4.98 Å². The fourth-order valence-corrected chi connectivity index (χ4v) is 11.3. The molecule has 0 radical (unpaired) electrons. The molecule has 23 heteroatoms. The molecule has 6 heterocycles. The number of nitrogens with zero attached hydrogens (tertiary/aromatic N) is 9. The summed E-state index contributed by atoms with van der Waals surface area (Å²) in [6.07, 6.45) is 3.97. The summed E-state index contributed by atoms with van der Waals surface area (Å²) < 4.78 is 13.3. The lowest BCUT2D eigenvalue weighted by Gasteiger charge is -2.35. The third-order valence-electron chi connectivity index (χ3n) is 14.8. The molecule has 6 N–H and O–H groups in total. The standard InChI is InChI=1S/C59H74N14O8S/c1-6-51(77)71-23-10-13-45(34-71)73-54-47(66-58(73)65-42-11-8-7-9-12-42)33-62-57(68-54)64-43-18-20-44(21-19-43)70-26-24-69(25-27-70)36-49(75)60-22-28-80-29-30-81-37-50(76)67-53(59(3,4)5)56(79)72-35-46(74)31-48(72)55(78)61-32-40-14-16-41(17-15-40)52-39(2)63-38-82-52/h6-9,11-12,14-21,33,38,45-46,48,53,74H,1,10,13,22-32,34-37H2,2-5H3,(H,60,75)(H,61,78)(H,65,66)(H,67,76)(H,62,64,68)/t45-,46+,48-,53+/m0/s1. The van der Waals surface area contributed by atoms with Gasteiger partial charge in [-0.3, -0.25) is 33.4 Å². The molecule has 3 aromatic heterocycles. The normalized spacial score (nSPS) is 18.0. The Hall–Kier alpha value is -7.83. The SMILES string of the molecule is C=CC(=O)N1CCC[C@H](n2c(Nc3ccccc3)nc3cnc(Nc4ccc(N5CCN(CC(=O)NCCOCCOCC(=O)N[C@H](C(=O)N6C[C@H](O)C[C@H]6C(=O)NCc6ccc(-c7scnc7C)cc6)C(C)(C)C)CC5)cc4)nc32)C1. The van der Waals surface area contributed by atoms with E-state index in [1.807, 2.05) is 105 Å². The van der Waals surface area contributed by atoms with Crippen molar-refractivity contribution in [3.63, 3.8) is 0 Å². The summed E-state index contributed by atoms with van der Waals surface area (Å²) in [4.78, 5) is 93.5. The number of nitrogens with one attached hydrogen (secondary N) is 5. The number of benzene rings is 3. The molecule has 3 aliphatic rings. The number of amides is 5. The van der Waals surface area contributed by atoms with E-state index in [9.17, 15) is 29.1 Å². The number of imidazole rings is 1. The molecule has 5 amide bonds. The molecule has 0 aliphatic carbocycles. The fourth-order valence-electron chi connectivity index (χ4n) is 10.5. The molecule has 82 heavy (non-hydrogen) atoms. The lowest BCUT2D eigenvalue weighted by atomic mass is 9.85. The second-order valence-electron chi connectivity index (χ2n) is 21.9. The number of fused-ring (bicyclic) bond motifs is 1. The van der Waals surface area contributed by atoms with E-state index in [2.05, 4.69) is 69.6 Å². The topological polar surface area (TPSA) is 254 Å². The summed E-state index contributed by atoms with van der Waals surface area (Å²) in [7, 11) is 0. The zero-order valence-corrected chi connectivity index (χ0v) is 47.8. The zero-order valence-electron chi connectivity index (χ0n) is 47.0. The van der Waals surface area contributed by atoms with Crippen LogP contribution in [0.15, 0.2) is 103 Å². The van der Waals surface area contributed by atoms with Crippen LogP contribution >= 0.6 is 11.3 Å². The van der Waals surface area contributed by atoms with Crippen molar-refractivity contribution in [2.75, 3.05) is 101 Å². The summed E-state index contributed by atoms with van der Waals surface area (Å²) in [5.41, 5.74) is 8.05. The van der Waals surface area contributed by atoms with Gasteiger partial charge in [-0.05, 0) is 78.8 Å². The number of anilines is 5. The average molecular weight is 1140 g/mol. The van der Waals surface area contributed by atoms with Crippen LogP contribution in [0.25, 0.3) is 21.6 Å². The highest BCUT2D eigenvalue weighted by atomic mass is 32.1. The van der Waals surface area contributed by atoms with Gasteiger partial charge in [0.05, 0.1) is 60.8 Å². The number of aryl methyl sites for hydroxylation is 1. The van der Waals surface area contributed by atoms with Crippen molar-refractivity contribution in [2.24, 2.45) is 5.41 Å². The average Bonchev–Trinajstić information content (AvgIpc) is 4.31. The first kappa shape index (κ1) is 58.8. The van der Waals surface area contributed by atoms with Crippen molar-refractivity contribution in [3.05, 3.63) is 114 Å². The predicted molar refractivity (Wildman–Crippen MR) is 315 cm³/mol. The Balaban J connectivity index is 0.657. The number of carbonyl (C=O) groups excluding carboxylic acids is 5. The van der Waals surface area contributed by atoms with Crippen LogP contribution in [-0.4, -0.2) is 177 Å². The number of likely N-dealkylation sites (tertiary alicyclic amines) is 2. The maximum Gasteiger partial charge on any atom is 0.246 e. The Kier molecular flexibility index (Phi) is 19.6. The summed E-state index contributed by atoms with van der Waals surface area (Å²) in [6, 6.07) is 23.8. The first-order chi connectivity index (χ1) is 39.6. The van der Waals surface area contributed by atoms with Gasteiger partial charge >= 0.3 is 0 Å². The molecule has 434 valence electrons. The van der Waals surface area contributed by atoms with Crippen molar-refractivity contribution >= 4 is 81.0 Å². The molecule has 0 unspecified atom stereocenters. The van der Waals surface area contributed by atoms with Crippen molar-refractivity contribution in [2.45, 2.75) is 77.7 Å². The number of piperidine rings is 1. The van der Waals surface area contributed by atoms with Crippen LogP contribution in [0.3, 0.4) is 0 Å². The van der Waals surface area contributed by atoms with Crippen molar-refractivity contribution in [3.8, 4) is 10.4 Å². The number of rotatable bonds is 23. The van der Waals surface area contributed by atoms with E-state index >= 15 is 0 Å². The highest BCUT2D eigenvalue weighted by Crippen LogP contribution is 2.33. The summed E-state index contributed by atoms with van der Waals surface area (Å²) in [5.74, 6) is -0.484. The van der Waals surface area contributed by atoms with Gasteiger partial charge < -0.3 is 55.9 Å². The molecule has 3 fully saturated rings. The Bertz CT molecular complexity index is 3160. The number of hydrogen-bond donors (Lipinski definition) is 6. The summed E-state index contributed by atoms with van der Waals surface area (Å²) in [5, 5.41) is 26.1. The van der Waals surface area contributed by atoms with Gasteiger partial charge in [-0.15, -0.1) is 11.3 Å². The first-order valence-electron chi connectivity index (χ1n) is 27.9. The Labute approximate surface area is 481 Å². The molecule has 0 spiro atoms. The lowest BCUT2D eigenvalue weighted by molar-refractivity contribution is -0.144. The van der Waals surface area contributed by atoms with Gasteiger partial charge in [0.15, 0.2) is 5.65 Å². The summed E-state index contributed by atoms with van der Waals surface area (Å²) in [6.45, 7) is 16.3. The number of aliphatic hydroxyl groups excluding tert-OH is 1. The van der Waals surface area contributed by atoms with E-state index in [0.29, 0.717) is 55.8 Å². The fraction of sp³-hybridized carbons (Fsp3) is 0.441. The molecule has 22 nitrogen and oxygen atoms in total. The molecule has 3 saturated heterocycles. The molecular weight excluding hydrogens is 1060 g/mol. The number of piperazine rings is 1. The number of carbonyl (C=O) groups is 5. The number of aliphatic hydroxyl groups is 1. The van der Waals surface area contributed by atoms with Crippen LogP contribution in [-0.2, 0) is 40.0 Å². The van der Waals surface area contributed by atoms with E-state index < -0.39 is 35.4 Å². The minimum Gasteiger partial charge on any atom is -0.391 e. The molecule has 4 atom stereocenters. The Morgan fingerprint density at radius 1 is 0.841 bits per heavy atom. The highest BCUT2D eigenvalue weighted by molar-refractivity contribution is 7.13. The predicted octanol–water partition coefficient (Wildman–Crippen LogP) is 5.18. The van der Waals surface area contributed by atoms with E-state index in [-0.39, 0.29) is 76.2 Å². The third kappa shape index (κ3) is 15.2. The maximum absolute atomic E-state index is 14.0. The van der Waals surface area contributed by atoms with Gasteiger partial charge in [-0.25, -0.2) is 15.0 Å². The van der Waals surface area contributed by atoms with Crippen molar-refractivity contribution < 1.29 is 38.6 Å². The smallest absolute Gasteiger partial charge is 0.246 e. The Morgan fingerprint density at radius 2 is 1.59 bits per heavy atom. The van der Waals surface area contributed by atoms with Crippen molar-refractivity contribution in [1.29, 1.82) is 0 Å². The first-order valence-corrected chi connectivity index (χ1v) is 28.8. The lowest BCUT2D eigenvalue weighted by Crippen LogP contribution is -2.58. The van der Waals surface area contributed by atoms with E-state index in [1.54, 1.807) is 17.5 Å². The zero-order chi connectivity index (χ0) is 57.8. The van der Waals surface area contributed by atoms with Gasteiger partial charge in [0.2, 0.25) is 41.4 Å². The van der Waals surface area contributed by atoms with Crippen LogP contribution in [0.4, 0.5) is 29.0 Å². The largest absolute Gasteiger partial charge is 0.391 e. The van der Waals surface area contributed by atoms with Crippen LogP contribution in [0.1, 0.15) is 57.3 Å². The second kappa shape index (κ2) is 27.3. The van der Waals surface area contributed by atoms with Crippen LogP contribution < -0.4 is 31.5 Å². The van der Waals surface area contributed by atoms with Crippen LogP contribution in [0, 0.1) is 12.3 Å². The molecule has 3 aromatic carbocycles. The minimum atomic E-state index is -0.988. The van der Waals surface area contributed by atoms with Gasteiger partial charge in [0.1, 0.15) is 24.2 Å². The van der Waals surface area contributed by atoms with Gasteiger partial charge in [0.25, 0.3) is 0 Å². The molecule has 0 saturated carbocycles. The Morgan fingerprint density at radius 3 is 2.30 bits per heavy atom. The highest BCUT2D eigenvalue weighted by Gasteiger charge is 2.44. The monoisotopic (exact) mass is 1140 g/mol. The van der Waals surface area contributed by atoms with Crippen LogP contribution in [0.2, 0.25) is 0 Å². The van der Waals surface area contributed by atoms with E-state index in [4.69, 9.17) is 19.4 Å². The quantitative estimate of drug-likeness (QED) is 0.0357. The van der Waals surface area contributed by atoms with Gasteiger partial charge in [0, 0.05) is 82.4 Å². The van der Waals surface area contributed by atoms with Crippen LogP contribution in [0.5, 0.6) is 0 Å². The number of β-amino-alcohol motifs (C(OH)–C–C–N with tert-alkyl or cyclic N) is 1. The van der Waals surface area contributed by atoms with E-state index in [0.717, 1.165) is 64.7 Å². The number of hydrogen-bond acceptors (Lipinski definition) is 17. The third-order valence-corrected chi connectivity index (χ3v) is 15.8. The van der Waals surface area contributed by atoms with E-state index in [1.165, 1.54) is 11.0 Å². The van der Waals surface area contributed by atoms with Crippen molar-refractivity contribution in [1.82, 2.24) is 55.2 Å². The number of thiazole rings is 1. The molecular formula is C59H74N14O8S. The van der Waals surface area contributed by atoms with Gasteiger partial charge in [-0.1, -0.05) is 69.8 Å². The number of ether oxygens (including phenoxy) is 2. The molecule has 9 rings (SSSR count). The summed E-state index contributed by atoms with van der Waals surface area (Å²) >= 11 is 1.57. The minimum absolute atomic E-state index is 0.0307. The number of para-hydroxylation sites is 1. The second-order valence-corrected chi connectivity index (χ2v) is 22.7. The maximum atomic E-state index is 14.0.